The van der Waals surface area contributed by atoms with Crippen LogP contribution in [-0.2, 0) is 6.54 Å². The van der Waals surface area contributed by atoms with Gasteiger partial charge in [-0.1, -0.05) is 30.3 Å². The number of fused-ring (bicyclic) bond motifs is 1. The van der Waals surface area contributed by atoms with Crippen LogP contribution in [0.1, 0.15) is 18.4 Å². The maximum Gasteiger partial charge on any atom is 0.136 e. The van der Waals surface area contributed by atoms with E-state index >= 15 is 0 Å². The Morgan fingerprint density at radius 3 is 2.92 bits per heavy atom. The van der Waals surface area contributed by atoms with Gasteiger partial charge in [-0.05, 0) is 30.5 Å². The van der Waals surface area contributed by atoms with Crippen molar-refractivity contribution in [3.8, 4) is 0 Å². The molecule has 3 aromatic rings. The summed E-state index contributed by atoms with van der Waals surface area (Å²) in [7, 11) is 0. The first kappa shape index (κ1) is 15.1. The Morgan fingerprint density at radius 2 is 2.00 bits per heavy atom. The number of aromatic nitrogens is 2. The van der Waals surface area contributed by atoms with Crippen LogP contribution in [0.25, 0.3) is 10.8 Å². The summed E-state index contributed by atoms with van der Waals surface area (Å²) in [5.74, 6) is 1.08. The van der Waals surface area contributed by atoms with Crippen molar-refractivity contribution in [3.05, 3.63) is 66.6 Å². The molecule has 1 aliphatic heterocycles. The van der Waals surface area contributed by atoms with Gasteiger partial charge in [0.1, 0.15) is 5.82 Å². The van der Waals surface area contributed by atoms with E-state index < -0.39 is 0 Å². The molecule has 1 atom stereocenters. The summed E-state index contributed by atoms with van der Waals surface area (Å²) in [4.78, 5) is 11.3. The highest BCUT2D eigenvalue weighted by molar-refractivity contribution is 5.91. The minimum absolute atomic E-state index is 0.498. The quantitative estimate of drug-likeness (QED) is 0.800. The smallest absolute Gasteiger partial charge is 0.136 e. The second-order valence-electron chi connectivity index (χ2n) is 6.38. The second-order valence-corrected chi connectivity index (χ2v) is 6.38. The van der Waals surface area contributed by atoms with E-state index in [0.29, 0.717) is 6.04 Å². The molecule has 1 N–H and O–H groups in total. The summed E-state index contributed by atoms with van der Waals surface area (Å²) >= 11 is 0. The number of nitrogens with one attached hydrogen (secondary N) is 1. The van der Waals surface area contributed by atoms with Crippen LogP contribution < -0.4 is 10.2 Å². The Kier molecular flexibility index (Phi) is 4.38. The van der Waals surface area contributed by atoms with E-state index in [4.69, 9.17) is 0 Å². The van der Waals surface area contributed by atoms with E-state index in [-0.39, 0.29) is 0 Å². The minimum atomic E-state index is 0.498. The number of hydrogen-bond acceptors (Lipinski definition) is 4. The molecule has 0 radical (unpaired) electrons. The molecular weight excluding hydrogens is 296 g/mol. The van der Waals surface area contributed by atoms with Crippen molar-refractivity contribution in [3.63, 3.8) is 0 Å². The molecule has 0 amide bonds. The van der Waals surface area contributed by atoms with Gasteiger partial charge >= 0.3 is 0 Å². The number of pyridine rings is 2. The highest BCUT2D eigenvalue weighted by atomic mass is 15.2. The Balaban J connectivity index is 1.48. The van der Waals surface area contributed by atoms with Crippen molar-refractivity contribution >= 4 is 16.6 Å². The molecule has 4 nitrogen and oxygen atoms in total. The van der Waals surface area contributed by atoms with Gasteiger partial charge in [-0.15, -0.1) is 0 Å². The van der Waals surface area contributed by atoms with Crippen LogP contribution in [0.5, 0.6) is 0 Å². The Hall–Kier alpha value is -2.46. The molecule has 0 spiro atoms. The minimum Gasteiger partial charge on any atom is -0.355 e. The van der Waals surface area contributed by atoms with E-state index in [1.54, 1.807) is 0 Å². The largest absolute Gasteiger partial charge is 0.355 e. The predicted octanol–water partition coefficient (Wildman–Crippen LogP) is 3.39. The lowest BCUT2D eigenvalue weighted by Gasteiger charge is -2.34. The highest BCUT2D eigenvalue weighted by Gasteiger charge is 2.21. The highest BCUT2D eigenvalue weighted by Crippen LogP contribution is 2.26. The third-order valence-electron chi connectivity index (χ3n) is 4.70. The summed E-state index contributed by atoms with van der Waals surface area (Å²) in [6, 6.07) is 15.2. The molecule has 1 aliphatic rings. The van der Waals surface area contributed by atoms with Crippen LogP contribution in [0.3, 0.4) is 0 Å². The molecule has 1 aromatic carbocycles. The van der Waals surface area contributed by atoms with Gasteiger partial charge in [0, 0.05) is 55.0 Å². The van der Waals surface area contributed by atoms with Gasteiger partial charge in [0.25, 0.3) is 0 Å². The summed E-state index contributed by atoms with van der Waals surface area (Å²) in [5.41, 5.74) is 1.34. The van der Waals surface area contributed by atoms with Crippen molar-refractivity contribution in [2.75, 3.05) is 18.0 Å². The van der Waals surface area contributed by atoms with Crippen molar-refractivity contribution in [2.45, 2.75) is 25.4 Å². The van der Waals surface area contributed by atoms with Gasteiger partial charge in [-0.3, -0.25) is 4.98 Å². The van der Waals surface area contributed by atoms with Crippen molar-refractivity contribution < 1.29 is 0 Å². The normalized spacial score (nSPS) is 18.0. The van der Waals surface area contributed by atoms with E-state index in [0.717, 1.165) is 30.8 Å². The zero-order valence-electron chi connectivity index (χ0n) is 13.7. The molecule has 24 heavy (non-hydrogen) atoms. The van der Waals surface area contributed by atoms with Crippen LogP contribution in [-0.4, -0.2) is 29.1 Å². The van der Waals surface area contributed by atoms with Gasteiger partial charge in [0.15, 0.2) is 0 Å². The van der Waals surface area contributed by atoms with Gasteiger partial charge in [-0.2, -0.15) is 0 Å². The van der Waals surface area contributed by atoms with Gasteiger partial charge in [0.05, 0.1) is 0 Å². The third-order valence-corrected chi connectivity index (χ3v) is 4.70. The van der Waals surface area contributed by atoms with Crippen molar-refractivity contribution in [2.24, 2.45) is 0 Å². The lowest BCUT2D eigenvalue weighted by molar-refractivity contribution is 0.420. The molecular formula is C20H22N4. The SMILES string of the molecule is c1ccc(CNC2CCCN(c3nccc4cnccc34)C2)cc1. The Morgan fingerprint density at radius 1 is 1.08 bits per heavy atom. The van der Waals surface area contributed by atoms with Crippen LogP contribution >= 0.6 is 0 Å². The van der Waals surface area contributed by atoms with E-state index in [2.05, 4.69) is 56.6 Å². The van der Waals surface area contributed by atoms with Crippen LogP contribution in [0.15, 0.2) is 61.1 Å². The third kappa shape index (κ3) is 3.24. The van der Waals surface area contributed by atoms with Gasteiger partial charge in [-0.25, -0.2) is 4.98 Å². The van der Waals surface area contributed by atoms with Gasteiger partial charge in [0.2, 0.25) is 0 Å². The number of rotatable bonds is 4. The first-order valence-electron chi connectivity index (χ1n) is 8.61. The fourth-order valence-corrected chi connectivity index (χ4v) is 3.45. The molecule has 0 aliphatic carbocycles. The van der Waals surface area contributed by atoms with Crippen LogP contribution in [0.2, 0.25) is 0 Å². The summed E-state index contributed by atoms with van der Waals surface area (Å²) in [6.45, 7) is 2.99. The molecule has 1 unspecified atom stereocenters. The van der Waals surface area contributed by atoms with E-state index in [1.165, 1.54) is 23.8 Å². The van der Waals surface area contributed by atoms with Crippen molar-refractivity contribution in [1.82, 2.24) is 15.3 Å². The van der Waals surface area contributed by atoms with Crippen LogP contribution in [0.4, 0.5) is 5.82 Å². The molecule has 1 saturated heterocycles. The number of hydrogen-bond donors (Lipinski definition) is 1. The lowest BCUT2D eigenvalue weighted by atomic mass is 10.0. The monoisotopic (exact) mass is 318 g/mol. The number of benzene rings is 1. The maximum atomic E-state index is 4.65. The molecule has 0 bridgehead atoms. The molecule has 1 fully saturated rings. The topological polar surface area (TPSA) is 41.0 Å². The fourth-order valence-electron chi connectivity index (χ4n) is 3.45. The summed E-state index contributed by atoms with van der Waals surface area (Å²) < 4.78 is 0. The molecule has 3 heterocycles. The first-order valence-corrected chi connectivity index (χ1v) is 8.61. The average molecular weight is 318 g/mol. The Bertz CT molecular complexity index is 798. The fraction of sp³-hybridized carbons (Fsp3) is 0.300. The van der Waals surface area contributed by atoms with Gasteiger partial charge < -0.3 is 10.2 Å². The van der Waals surface area contributed by atoms with E-state index in [1.807, 2.05) is 24.7 Å². The number of nitrogens with zero attached hydrogens (tertiary/aromatic N) is 3. The predicted molar refractivity (Wildman–Crippen MR) is 98.1 cm³/mol. The maximum absolute atomic E-state index is 4.65. The van der Waals surface area contributed by atoms with E-state index in [9.17, 15) is 0 Å². The number of piperidine rings is 1. The van der Waals surface area contributed by atoms with Crippen LogP contribution in [0, 0.1) is 0 Å². The standard InChI is InChI=1S/C20H22N4/c1-2-5-16(6-3-1)13-23-18-7-4-12-24(15-18)20-19-9-10-21-14-17(19)8-11-22-20/h1-3,5-6,8-11,14,18,23H,4,7,12-13,15H2. The zero-order valence-corrected chi connectivity index (χ0v) is 13.7. The second kappa shape index (κ2) is 6.97. The molecule has 2 aromatic heterocycles. The Labute approximate surface area is 142 Å². The summed E-state index contributed by atoms with van der Waals surface area (Å²) in [5, 5.41) is 6.05. The molecule has 4 heteroatoms. The number of anilines is 1. The average Bonchev–Trinajstić information content (AvgIpc) is 2.67. The summed E-state index contributed by atoms with van der Waals surface area (Å²) in [6.07, 6.45) is 8.06. The first-order chi connectivity index (χ1) is 11.9. The lowest BCUT2D eigenvalue weighted by Crippen LogP contribution is -2.45. The molecule has 0 saturated carbocycles. The molecule has 4 rings (SSSR count). The van der Waals surface area contributed by atoms with Crippen molar-refractivity contribution in [1.29, 1.82) is 0 Å². The zero-order chi connectivity index (χ0) is 16.2. The molecule has 122 valence electrons.